The number of para-hydroxylation sites is 2. The molecule has 176 valence electrons. The number of benzene rings is 3. The van der Waals surface area contributed by atoms with Crippen LogP contribution in [0, 0.1) is 0 Å². The molecule has 0 aliphatic rings. The fourth-order valence-corrected chi connectivity index (χ4v) is 4.10. The Morgan fingerprint density at radius 1 is 1.00 bits per heavy atom. The molecule has 3 N–H and O–H groups in total. The Hall–Kier alpha value is -4.30. The average Bonchev–Trinajstić information content (AvgIpc) is 3.16. The van der Waals surface area contributed by atoms with E-state index in [0.717, 1.165) is 5.56 Å². The molecule has 0 fully saturated rings. The second-order valence-electron chi connectivity index (χ2n) is 7.83. The molecule has 2 aromatic heterocycles. The molecule has 0 unspecified atom stereocenters. The van der Waals surface area contributed by atoms with Crippen molar-refractivity contribution in [1.82, 2.24) is 19.9 Å². The normalized spacial score (nSPS) is 11.1. The summed E-state index contributed by atoms with van der Waals surface area (Å²) >= 11 is 5.97. The number of methoxy groups -OCH3 is 2. The van der Waals surface area contributed by atoms with Gasteiger partial charge in [-0.2, -0.15) is 0 Å². The number of anilines is 1. The number of amides is 1. The standard InChI is InChI=1S/C26H22ClN5O3/c1-34-17-11-12-20(21(13-17)35-2)32-24(28)22(26(33)29-14-15-7-9-16(27)10-8-15)23-25(32)31-19-6-4-3-5-18(19)30-23/h3-13H,14,28H2,1-2H3,(H,29,33). The van der Waals surface area contributed by atoms with Crippen LogP contribution in [0.5, 0.6) is 11.5 Å². The highest BCUT2D eigenvalue weighted by molar-refractivity contribution is 6.30. The van der Waals surface area contributed by atoms with Crippen LogP contribution in [0.15, 0.2) is 66.7 Å². The van der Waals surface area contributed by atoms with Crippen LogP contribution in [0.3, 0.4) is 0 Å². The van der Waals surface area contributed by atoms with Gasteiger partial charge in [0.1, 0.15) is 28.4 Å². The van der Waals surface area contributed by atoms with Gasteiger partial charge in [0.15, 0.2) is 5.65 Å². The van der Waals surface area contributed by atoms with E-state index in [9.17, 15) is 4.79 Å². The molecule has 0 bridgehead atoms. The van der Waals surface area contributed by atoms with Gasteiger partial charge in [0.05, 0.1) is 30.9 Å². The molecule has 0 aliphatic heterocycles. The molecule has 8 nitrogen and oxygen atoms in total. The number of nitrogens with zero attached hydrogens (tertiary/aromatic N) is 3. The van der Waals surface area contributed by atoms with Gasteiger partial charge in [-0.25, -0.2) is 9.97 Å². The van der Waals surface area contributed by atoms with Crippen LogP contribution < -0.4 is 20.5 Å². The number of hydrogen-bond acceptors (Lipinski definition) is 6. The third kappa shape index (κ3) is 4.08. The third-order valence-corrected chi connectivity index (χ3v) is 5.97. The quantitative estimate of drug-likeness (QED) is 0.358. The van der Waals surface area contributed by atoms with Gasteiger partial charge in [-0.05, 0) is 42.0 Å². The summed E-state index contributed by atoms with van der Waals surface area (Å²) in [6.07, 6.45) is 0. The van der Waals surface area contributed by atoms with Gasteiger partial charge in [-0.15, -0.1) is 0 Å². The number of nitrogen functional groups attached to an aromatic ring is 1. The highest BCUT2D eigenvalue weighted by Crippen LogP contribution is 2.36. The molecule has 9 heteroatoms. The maximum atomic E-state index is 13.4. The first-order valence-corrected chi connectivity index (χ1v) is 11.2. The molecule has 5 rings (SSSR count). The maximum Gasteiger partial charge on any atom is 0.257 e. The summed E-state index contributed by atoms with van der Waals surface area (Å²) in [5, 5.41) is 3.56. The SMILES string of the molecule is COc1ccc(-n2c(N)c(C(=O)NCc3ccc(Cl)cc3)c3nc4ccccc4nc32)c(OC)c1. The van der Waals surface area contributed by atoms with E-state index in [0.29, 0.717) is 51.0 Å². The molecular formula is C26H22ClN5O3. The second-order valence-corrected chi connectivity index (χ2v) is 8.26. The third-order valence-electron chi connectivity index (χ3n) is 5.72. The molecule has 1 amide bonds. The van der Waals surface area contributed by atoms with Crippen LogP contribution >= 0.6 is 11.6 Å². The Morgan fingerprint density at radius 2 is 1.71 bits per heavy atom. The zero-order valence-corrected chi connectivity index (χ0v) is 19.8. The Balaban J connectivity index is 1.68. The Bertz CT molecular complexity index is 1560. The predicted molar refractivity (Wildman–Crippen MR) is 137 cm³/mol. The van der Waals surface area contributed by atoms with E-state index in [1.54, 1.807) is 49.1 Å². The van der Waals surface area contributed by atoms with Crippen molar-refractivity contribution < 1.29 is 14.3 Å². The zero-order chi connectivity index (χ0) is 24.5. The first kappa shape index (κ1) is 22.5. The number of halogens is 1. The van der Waals surface area contributed by atoms with Crippen LogP contribution in [0.4, 0.5) is 5.82 Å². The molecular weight excluding hydrogens is 466 g/mol. The second kappa shape index (κ2) is 9.15. The predicted octanol–water partition coefficient (Wildman–Crippen LogP) is 4.76. The lowest BCUT2D eigenvalue weighted by Gasteiger charge is -2.13. The summed E-state index contributed by atoms with van der Waals surface area (Å²) in [4.78, 5) is 23.0. The van der Waals surface area contributed by atoms with E-state index in [2.05, 4.69) is 5.32 Å². The van der Waals surface area contributed by atoms with Gasteiger partial charge in [-0.3, -0.25) is 9.36 Å². The molecule has 35 heavy (non-hydrogen) atoms. The van der Waals surface area contributed by atoms with E-state index < -0.39 is 0 Å². The molecule has 5 aromatic rings. The van der Waals surface area contributed by atoms with Crippen molar-refractivity contribution >= 4 is 45.5 Å². The number of carbonyl (C=O) groups excluding carboxylic acids is 1. The first-order chi connectivity index (χ1) is 17.0. The highest BCUT2D eigenvalue weighted by Gasteiger charge is 2.26. The van der Waals surface area contributed by atoms with Gasteiger partial charge >= 0.3 is 0 Å². The lowest BCUT2D eigenvalue weighted by Crippen LogP contribution is -2.24. The molecule has 3 aromatic carbocycles. The van der Waals surface area contributed by atoms with Crippen molar-refractivity contribution in [1.29, 1.82) is 0 Å². The number of aromatic nitrogens is 3. The summed E-state index contributed by atoms with van der Waals surface area (Å²) in [7, 11) is 3.13. The number of nitrogens with two attached hydrogens (primary N) is 1. The minimum Gasteiger partial charge on any atom is -0.497 e. The van der Waals surface area contributed by atoms with Crippen molar-refractivity contribution in [3.63, 3.8) is 0 Å². The van der Waals surface area contributed by atoms with Crippen LogP contribution in [0.1, 0.15) is 15.9 Å². The fraction of sp³-hybridized carbons (Fsp3) is 0.115. The van der Waals surface area contributed by atoms with Gasteiger partial charge in [0, 0.05) is 17.6 Å². The monoisotopic (exact) mass is 487 g/mol. The topological polar surface area (TPSA) is 104 Å². The summed E-state index contributed by atoms with van der Waals surface area (Å²) in [5.41, 5.74) is 10.5. The minimum atomic E-state index is -0.363. The maximum absolute atomic E-state index is 13.4. The Labute approximate surface area is 206 Å². The lowest BCUT2D eigenvalue weighted by molar-refractivity contribution is 0.0953. The number of carbonyl (C=O) groups is 1. The van der Waals surface area contributed by atoms with Crippen molar-refractivity contribution in [2.24, 2.45) is 0 Å². The van der Waals surface area contributed by atoms with E-state index >= 15 is 0 Å². The average molecular weight is 488 g/mol. The molecule has 0 saturated carbocycles. The van der Waals surface area contributed by atoms with Gasteiger partial charge in [0.2, 0.25) is 0 Å². The zero-order valence-electron chi connectivity index (χ0n) is 19.1. The number of ether oxygens (including phenoxy) is 2. The van der Waals surface area contributed by atoms with E-state index in [4.69, 9.17) is 36.8 Å². The van der Waals surface area contributed by atoms with Gasteiger partial charge in [-0.1, -0.05) is 35.9 Å². The number of rotatable bonds is 6. The van der Waals surface area contributed by atoms with E-state index in [1.807, 2.05) is 36.4 Å². The Morgan fingerprint density at radius 3 is 2.40 bits per heavy atom. The number of hydrogen-bond donors (Lipinski definition) is 2. The number of fused-ring (bicyclic) bond motifs is 2. The molecule has 0 atom stereocenters. The van der Waals surface area contributed by atoms with Crippen LogP contribution in [-0.4, -0.2) is 34.7 Å². The Kier molecular flexibility index (Phi) is 5.88. The van der Waals surface area contributed by atoms with Crippen LogP contribution in [0.2, 0.25) is 5.02 Å². The van der Waals surface area contributed by atoms with E-state index in [1.165, 1.54) is 0 Å². The van der Waals surface area contributed by atoms with Gasteiger partial charge in [0.25, 0.3) is 5.91 Å². The van der Waals surface area contributed by atoms with Crippen molar-refractivity contribution in [2.45, 2.75) is 6.54 Å². The van der Waals surface area contributed by atoms with E-state index in [-0.39, 0.29) is 17.3 Å². The van der Waals surface area contributed by atoms with Crippen LogP contribution in [-0.2, 0) is 6.54 Å². The molecule has 0 saturated heterocycles. The summed E-state index contributed by atoms with van der Waals surface area (Å²) in [6, 6.07) is 20.1. The van der Waals surface area contributed by atoms with Crippen molar-refractivity contribution in [3.8, 4) is 17.2 Å². The summed E-state index contributed by atoms with van der Waals surface area (Å²) < 4.78 is 12.6. The molecule has 0 radical (unpaired) electrons. The summed E-state index contributed by atoms with van der Waals surface area (Å²) in [5.74, 6) is 0.972. The fourth-order valence-electron chi connectivity index (χ4n) is 3.97. The highest BCUT2D eigenvalue weighted by atomic mass is 35.5. The molecule has 0 spiro atoms. The molecule has 0 aliphatic carbocycles. The number of nitrogens with one attached hydrogen (secondary N) is 1. The van der Waals surface area contributed by atoms with Gasteiger partial charge < -0.3 is 20.5 Å². The minimum absolute atomic E-state index is 0.201. The smallest absolute Gasteiger partial charge is 0.257 e. The summed E-state index contributed by atoms with van der Waals surface area (Å²) in [6.45, 7) is 0.301. The largest absolute Gasteiger partial charge is 0.497 e. The molecule has 2 heterocycles. The first-order valence-electron chi connectivity index (χ1n) is 10.8. The van der Waals surface area contributed by atoms with Crippen LogP contribution in [0.25, 0.3) is 27.9 Å². The lowest BCUT2D eigenvalue weighted by atomic mass is 10.2. The van der Waals surface area contributed by atoms with Crippen molar-refractivity contribution in [2.75, 3.05) is 20.0 Å². The van der Waals surface area contributed by atoms with Crippen molar-refractivity contribution in [3.05, 3.63) is 82.9 Å².